The first-order valence-corrected chi connectivity index (χ1v) is 7.61. The first-order valence-electron chi connectivity index (χ1n) is 7.61. The maximum atomic E-state index is 11.7. The molecule has 1 fully saturated rings. The summed E-state index contributed by atoms with van der Waals surface area (Å²) in [6.45, 7) is 7.52. The topological polar surface area (TPSA) is 42.1 Å². The van der Waals surface area contributed by atoms with E-state index in [1.165, 1.54) is 0 Å². The van der Waals surface area contributed by atoms with Crippen LogP contribution in [0.15, 0.2) is 30.5 Å². The molecule has 3 heteroatoms. The fourth-order valence-electron chi connectivity index (χ4n) is 2.32. The zero-order valence-corrected chi connectivity index (χ0v) is 13.2. The van der Waals surface area contributed by atoms with Crippen LogP contribution < -0.4 is 4.74 Å². The highest BCUT2D eigenvalue weighted by Gasteiger charge is 2.23. The van der Waals surface area contributed by atoms with E-state index < -0.39 is 0 Å². The van der Waals surface area contributed by atoms with Gasteiger partial charge >= 0.3 is 0 Å². The number of aromatic amines is 1. The molecule has 1 saturated carbocycles. The van der Waals surface area contributed by atoms with Crippen LogP contribution in [-0.2, 0) is 0 Å². The molecule has 1 aliphatic rings. The summed E-state index contributed by atoms with van der Waals surface area (Å²) in [4.78, 5) is 14.9. The Bertz CT molecular complexity index is 624. The van der Waals surface area contributed by atoms with Gasteiger partial charge < -0.3 is 9.72 Å². The number of aromatic nitrogens is 1. The average molecular weight is 285 g/mol. The van der Waals surface area contributed by atoms with Gasteiger partial charge in [0.2, 0.25) is 0 Å². The van der Waals surface area contributed by atoms with Crippen molar-refractivity contribution < 1.29 is 9.53 Å². The predicted molar refractivity (Wildman–Crippen MR) is 86.0 cm³/mol. The Morgan fingerprint density at radius 3 is 2.62 bits per heavy atom. The zero-order chi connectivity index (χ0) is 15.4. The van der Waals surface area contributed by atoms with Crippen molar-refractivity contribution in [3.63, 3.8) is 0 Å². The lowest BCUT2D eigenvalue weighted by Crippen LogP contribution is -1.97. The Kier molecular flexibility index (Phi) is 4.84. The van der Waals surface area contributed by atoms with E-state index >= 15 is 0 Å². The lowest BCUT2D eigenvalue weighted by Gasteiger charge is -2.07. The Labute approximate surface area is 126 Å². The van der Waals surface area contributed by atoms with Gasteiger partial charge in [-0.05, 0) is 44.4 Å². The minimum absolute atomic E-state index is 0.0854. The number of aryl methyl sites for hydroxylation is 1. The maximum Gasteiger partial charge on any atom is 0.162 e. The number of rotatable bonds is 4. The molecule has 0 atom stereocenters. The van der Waals surface area contributed by atoms with Crippen LogP contribution in [0.3, 0.4) is 0 Å². The number of ketones is 1. The monoisotopic (exact) mass is 285 g/mol. The van der Waals surface area contributed by atoms with E-state index in [2.05, 4.69) is 4.98 Å². The maximum absolute atomic E-state index is 11.7. The quantitative estimate of drug-likeness (QED) is 0.823. The summed E-state index contributed by atoms with van der Waals surface area (Å²) >= 11 is 0. The Morgan fingerprint density at radius 2 is 2.00 bits per heavy atom. The fourth-order valence-corrected chi connectivity index (χ4v) is 2.32. The molecule has 2 aromatic rings. The number of Topliss-reactive ketones (excluding diaryl/α,β-unsaturated/α-hetero) is 1. The van der Waals surface area contributed by atoms with Crippen LogP contribution in [0.4, 0.5) is 0 Å². The fraction of sp³-hybridized carbons (Fsp3) is 0.389. The molecular formula is C18H23NO2. The molecule has 0 saturated heterocycles. The van der Waals surface area contributed by atoms with Gasteiger partial charge in [0.05, 0.1) is 6.10 Å². The number of hydrogen-bond donors (Lipinski definition) is 1. The minimum Gasteiger partial charge on any atom is -0.490 e. The molecule has 0 amide bonds. The average Bonchev–Trinajstić information content (AvgIpc) is 3.20. The van der Waals surface area contributed by atoms with Gasteiger partial charge in [0, 0.05) is 23.0 Å². The standard InChI is InChI=1S/C16H17NO2.C2H6/c1-10-16(11(2)18)15(9-17-10)12-4-3-5-14(8-12)19-13-6-7-13;1-2/h3-5,8-9,13,17H,6-7H2,1-2H3;1-2H3. The molecule has 3 rings (SSSR count). The van der Waals surface area contributed by atoms with Crippen LogP contribution in [0, 0.1) is 6.92 Å². The van der Waals surface area contributed by atoms with Gasteiger partial charge in [0.1, 0.15) is 5.75 Å². The van der Waals surface area contributed by atoms with Gasteiger partial charge in [-0.25, -0.2) is 0 Å². The number of carbonyl (C=O) groups is 1. The van der Waals surface area contributed by atoms with Crippen LogP contribution in [-0.4, -0.2) is 16.9 Å². The molecule has 0 unspecified atom stereocenters. The molecular weight excluding hydrogens is 262 g/mol. The molecule has 0 radical (unpaired) electrons. The van der Waals surface area contributed by atoms with Crippen molar-refractivity contribution in [2.75, 3.05) is 0 Å². The lowest BCUT2D eigenvalue weighted by molar-refractivity contribution is 0.101. The minimum atomic E-state index is 0.0854. The number of carbonyl (C=O) groups excluding carboxylic acids is 1. The van der Waals surface area contributed by atoms with Gasteiger partial charge in [0.25, 0.3) is 0 Å². The van der Waals surface area contributed by atoms with Gasteiger partial charge in [-0.1, -0.05) is 26.0 Å². The van der Waals surface area contributed by atoms with Gasteiger partial charge in [-0.15, -0.1) is 0 Å². The Morgan fingerprint density at radius 1 is 1.29 bits per heavy atom. The van der Waals surface area contributed by atoms with E-state index in [0.29, 0.717) is 6.10 Å². The first kappa shape index (κ1) is 15.4. The summed E-state index contributed by atoms with van der Waals surface area (Å²) in [5, 5.41) is 0. The number of benzene rings is 1. The molecule has 112 valence electrons. The van der Waals surface area contributed by atoms with Gasteiger partial charge in [-0.3, -0.25) is 4.79 Å². The van der Waals surface area contributed by atoms with Gasteiger partial charge in [0.15, 0.2) is 5.78 Å². The molecule has 21 heavy (non-hydrogen) atoms. The molecule has 0 bridgehead atoms. The summed E-state index contributed by atoms with van der Waals surface area (Å²) in [5.74, 6) is 0.968. The van der Waals surface area contributed by atoms with Crippen molar-refractivity contribution in [1.29, 1.82) is 0 Å². The van der Waals surface area contributed by atoms with Crippen LogP contribution in [0.25, 0.3) is 11.1 Å². The second-order valence-electron chi connectivity index (χ2n) is 5.10. The third kappa shape index (κ3) is 3.54. The van der Waals surface area contributed by atoms with E-state index in [0.717, 1.165) is 41.0 Å². The molecule has 3 nitrogen and oxygen atoms in total. The summed E-state index contributed by atoms with van der Waals surface area (Å²) in [5.41, 5.74) is 3.65. The molecule has 1 aliphatic carbocycles. The summed E-state index contributed by atoms with van der Waals surface area (Å²) < 4.78 is 5.80. The zero-order valence-electron chi connectivity index (χ0n) is 13.2. The largest absolute Gasteiger partial charge is 0.490 e. The highest BCUT2D eigenvalue weighted by molar-refractivity contribution is 6.02. The van der Waals surface area contributed by atoms with Crippen molar-refractivity contribution in [1.82, 2.24) is 4.98 Å². The number of ether oxygens (including phenoxy) is 1. The number of hydrogen-bond acceptors (Lipinski definition) is 2. The predicted octanol–water partition coefficient (Wildman–Crippen LogP) is 4.76. The summed E-state index contributed by atoms with van der Waals surface area (Å²) in [6, 6.07) is 7.95. The number of H-pyrrole nitrogens is 1. The van der Waals surface area contributed by atoms with Crippen molar-refractivity contribution in [2.45, 2.75) is 46.6 Å². The van der Waals surface area contributed by atoms with Crippen LogP contribution in [0.5, 0.6) is 5.75 Å². The van der Waals surface area contributed by atoms with E-state index in [1.54, 1.807) is 6.92 Å². The van der Waals surface area contributed by atoms with Crippen LogP contribution in [0.1, 0.15) is 49.7 Å². The van der Waals surface area contributed by atoms with E-state index in [4.69, 9.17) is 4.74 Å². The number of nitrogens with one attached hydrogen (secondary N) is 1. The van der Waals surface area contributed by atoms with Crippen LogP contribution in [0.2, 0.25) is 0 Å². The smallest absolute Gasteiger partial charge is 0.162 e. The SMILES string of the molecule is CC.CC(=O)c1c(-c2cccc(OC3CC3)c2)c[nH]c1C. The molecule has 0 spiro atoms. The molecule has 1 heterocycles. The van der Waals surface area contributed by atoms with Crippen molar-refractivity contribution in [3.05, 3.63) is 41.7 Å². The summed E-state index contributed by atoms with van der Waals surface area (Å²) in [7, 11) is 0. The molecule has 1 aromatic heterocycles. The lowest BCUT2D eigenvalue weighted by atomic mass is 10.0. The highest BCUT2D eigenvalue weighted by atomic mass is 16.5. The Hall–Kier alpha value is -2.03. The third-order valence-electron chi connectivity index (χ3n) is 3.40. The van der Waals surface area contributed by atoms with E-state index in [9.17, 15) is 4.79 Å². The summed E-state index contributed by atoms with van der Waals surface area (Å²) in [6.07, 6.45) is 4.57. The van der Waals surface area contributed by atoms with E-state index in [-0.39, 0.29) is 5.78 Å². The second kappa shape index (κ2) is 6.61. The van der Waals surface area contributed by atoms with E-state index in [1.807, 2.05) is 51.2 Å². The first-order chi connectivity index (χ1) is 10.1. The third-order valence-corrected chi connectivity index (χ3v) is 3.40. The molecule has 1 aromatic carbocycles. The molecule has 1 N–H and O–H groups in total. The van der Waals surface area contributed by atoms with Crippen molar-refractivity contribution in [3.8, 4) is 16.9 Å². The second-order valence-corrected chi connectivity index (χ2v) is 5.10. The normalized spacial score (nSPS) is 13.3. The van der Waals surface area contributed by atoms with Crippen molar-refractivity contribution >= 4 is 5.78 Å². The van der Waals surface area contributed by atoms with Crippen LogP contribution >= 0.6 is 0 Å². The highest BCUT2D eigenvalue weighted by Crippen LogP contribution is 2.32. The van der Waals surface area contributed by atoms with Gasteiger partial charge in [-0.2, -0.15) is 0 Å². The van der Waals surface area contributed by atoms with Crippen molar-refractivity contribution in [2.24, 2.45) is 0 Å². The Balaban J connectivity index is 0.000000774. The molecule has 0 aliphatic heterocycles.